The van der Waals surface area contributed by atoms with Gasteiger partial charge >= 0.3 is 0 Å². The number of fused-ring (bicyclic) bond motifs is 1. The SMILES string of the molecule is CCn1c(=S)[nH]c2c(c1=O)SCC2. The van der Waals surface area contributed by atoms with Gasteiger partial charge in [-0.1, -0.05) is 0 Å². The van der Waals surface area contributed by atoms with Gasteiger partial charge in [0, 0.05) is 18.0 Å². The largest absolute Gasteiger partial charge is 0.335 e. The van der Waals surface area contributed by atoms with Crippen molar-refractivity contribution in [2.45, 2.75) is 24.8 Å². The zero-order valence-electron chi connectivity index (χ0n) is 7.29. The lowest BCUT2D eigenvalue weighted by Crippen LogP contribution is -2.23. The van der Waals surface area contributed by atoms with Crippen LogP contribution in [0.4, 0.5) is 0 Å². The number of aryl methyl sites for hydroxylation is 1. The lowest BCUT2D eigenvalue weighted by Gasteiger charge is -2.04. The minimum atomic E-state index is 0.0729. The number of H-pyrrole nitrogens is 1. The summed E-state index contributed by atoms with van der Waals surface area (Å²) >= 11 is 6.70. The van der Waals surface area contributed by atoms with Crippen molar-refractivity contribution in [1.82, 2.24) is 9.55 Å². The molecule has 1 aliphatic rings. The smallest absolute Gasteiger partial charge is 0.268 e. The van der Waals surface area contributed by atoms with Crippen molar-refractivity contribution >= 4 is 24.0 Å². The molecule has 0 radical (unpaired) electrons. The van der Waals surface area contributed by atoms with Gasteiger partial charge in [0.15, 0.2) is 4.77 Å². The molecule has 0 fully saturated rings. The van der Waals surface area contributed by atoms with E-state index < -0.39 is 0 Å². The average molecular weight is 214 g/mol. The Morgan fingerprint density at radius 2 is 2.46 bits per heavy atom. The first-order valence-electron chi connectivity index (χ1n) is 4.23. The summed E-state index contributed by atoms with van der Waals surface area (Å²) < 4.78 is 2.15. The van der Waals surface area contributed by atoms with Gasteiger partial charge in [-0.05, 0) is 25.6 Å². The van der Waals surface area contributed by atoms with Crippen molar-refractivity contribution in [2.75, 3.05) is 5.75 Å². The number of aromatic amines is 1. The minimum Gasteiger partial charge on any atom is -0.335 e. The maximum atomic E-state index is 11.8. The van der Waals surface area contributed by atoms with Gasteiger partial charge in [-0.15, -0.1) is 11.8 Å². The van der Waals surface area contributed by atoms with Crippen molar-refractivity contribution in [3.63, 3.8) is 0 Å². The maximum Gasteiger partial charge on any atom is 0.268 e. The van der Waals surface area contributed by atoms with Gasteiger partial charge < -0.3 is 4.98 Å². The summed E-state index contributed by atoms with van der Waals surface area (Å²) in [6.07, 6.45) is 0.934. The molecule has 70 valence electrons. The van der Waals surface area contributed by atoms with Crippen LogP contribution in [0.15, 0.2) is 9.69 Å². The molecule has 0 aromatic carbocycles. The average Bonchev–Trinajstić information content (AvgIpc) is 2.53. The maximum absolute atomic E-state index is 11.8. The van der Waals surface area contributed by atoms with Gasteiger partial charge in [0.2, 0.25) is 0 Å². The van der Waals surface area contributed by atoms with Crippen LogP contribution >= 0.6 is 24.0 Å². The van der Waals surface area contributed by atoms with E-state index in [4.69, 9.17) is 12.2 Å². The van der Waals surface area contributed by atoms with Crippen molar-refractivity contribution in [1.29, 1.82) is 0 Å². The topological polar surface area (TPSA) is 37.8 Å². The number of nitrogens with one attached hydrogen (secondary N) is 1. The number of rotatable bonds is 1. The first-order valence-corrected chi connectivity index (χ1v) is 5.62. The van der Waals surface area contributed by atoms with Crippen LogP contribution in [0.1, 0.15) is 12.6 Å². The highest BCUT2D eigenvalue weighted by Gasteiger charge is 2.17. The molecule has 1 aliphatic heterocycles. The lowest BCUT2D eigenvalue weighted by molar-refractivity contribution is 0.666. The molecule has 0 amide bonds. The Morgan fingerprint density at radius 3 is 3.15 bits per heavy atom. The van der Waals surface area contributed by atoms with Crippen LogP contribution in [-0.2, 0) is 13.0 Å². The van der Waals surface area contributed by atoms with Gasteiger partial charge in [-0.25, -0.2) is 0 Å². The number of hydrogen-bond donors (Lipinski definition) is 1. The highest BCUT2D eigenvalue weighted by Crippen LogP contribution is 2.25. The molecule has 13 heavy (non-hydrogen) atoms. The van der Waals surface area contributed by atoms with Crippen molar-refractivity contribution in [3.05, 3.63) is 20.8 Å². The summed E-state index contributed by atoms with van der Waals surface area (Å²) in [5, 5.41) is 0. The van der Waals surface area contributed by atoms with E-state index in [1.54, 1.807) is 16.3 Å². The third-order valence-corrected chi connectivity index (χ3v) is 3.57. The number of hydrogen-bond acceptors (Lipinski definition) is 3. The van der Waals surface area contributed by atoms with Crippen molar-refractivity contribution in [3.8, 4) is 0 Å². The zero-order chi connectivity index (χ0) is 9.42. The van der Waals surface area contributed by atoms with E-state index in [2.05, 4.69) is 4.98 Å². The van der Waals surface area contributed by atoms with Crippen LogP contribution in [0.25, 0.3) is 0 Å². The van der Waals surface area contributed by atoms with E-state index >= 15 is 0 Å². The fourth-order valence-electron chi connectivity index (χ4n) is 1.46. The molecule has 0 saturated carbocycles. The van der Waals surface area contributed by atoms with Crippen LogP contribution in [0, 0.1) is 4.77 Å². The molecule has 0 unspecified atom stereocenters. The number of nitrogens with zero attached hydrogens (tertiary/aromatic N) is 1. The Hall–Kier alpha value is -0.550. The van der Waals surface area contributed by atoms with Crippen LogP contribution in [0.2, 0.25) is 0 Å². The van der Waals surface area contributed by atoms with Crippen LogP contribution in [0.5, 0.6) is 0 Å². The molecule has 0 atom stereocenters. The van der Waals surface area contributed by atoms with E-state index in [-0.39, 0.29) is 5.56 Å². The predicted molar refractivity (Wildman–Crippen MR) is 56.0 cm³/mol. The second kappa shape index (κ2) is 3.31. The van der Waals surface area contributed by atoms with E-state index in [1.165, 1.54) is 0 Å². The van der Waals surface area contributed by atoms with Crippen molar-refractivity contribution in [2.24, 2.45) is 0 Å². The number of thioether (sulfide) groups is 1. The van der Waals surface area contributed by atoms with Gasteiger partial charge in [0.1, 0.15) is 0 Å². The highest BCUT2D eigenvalue weighted by atomic mass is 32.2. The molecule has 3 nitrogen and oxygen atoms in total. The summed E-state index contributed by atoms with van der Waals surface area (Å²) in [6, 6.07) is 0. The fraction of sp³-hybridized carbons (Fsp3) is 0.500. The zero-order valence-corrected chi connectivity index (χ0v) is 8.93. The third-order valence-electron chi connectivity index (χ3n) is 2.13. The molecule has 0 bridgehead atoms. The Balaban J connectivity index is 2.77. The van der Waals surface area contributed by atoms with Crippen LogP contribution in [0.3, 0.4) is 0 Å². The second-order valence-corrected chi connectivity index (χ2v) is 4.38. The molecule has 0 aliphatic carbocycles. The molecule has 0 saturated heterocycles. The number of aromatic nitrogens is 2. The molecule has 2 heterocycles. The first kappa shape index (κ1) is 9.02. The van der Waals surface area contributed by atoms with E-state index in [1.807, 2.05) is 6.92 Å². The Labute approximate surface area is 85.2 Å². The Kier molecular flexibility index (Phi) is 2.29. The monoisotopic (exact) mass is 214 g/mol. The molecule has 1 N–H and O–H groups in total. The summed E-state index contributed by atoms with van der Waals surface area (Å²) in [7, 11) is 0. The van der Waals surface area contributed by atoms with Crippen molar-refractivity contribution < 1.29 is 0 Å². The lowest BCUT2D eigenvalue weighted by atomic mass is 10.3. The summed E-state index contributed by atoms with van der Waals surface area (Å²) in [6.45, 7) is 2.57. The van der Waals surface area contributed by atoms with Crippen LogP contribution < -0.4 is 5.56 Å². The first-order chi connectivity index (χ1) is 6.24. The molecular weight excluding hydrogens is 204 g/mol. The van der Waals surface area contributed by atoms with Gasteiger partial charge in [0.25, 0.3) is 5.56 Å². The van der Waals surface area contributed by atoms with Gasteiger partial charge in [-0.2, -0.15) is 0 Å². The summed E-state index contributed by atoms with van der Waals surface area (Å²) in [4.78, 5) is 15.7. The Morgan fingerprint density at radius 1 is 1.69 bits per heavy atom. The van der Waals surface area contributed by atoms with Gasteiger partial charge in [-0.3, -0.25) is 9.36 Å². The predicted octanol–water partition coefficient (Wildman–Crippen LogP) is 1.57. The van der Waals surface area contributed by atoms with E-state index in [0.717, 1.165) is 22.8 Å². The highest BCUT2D eigenvalue weighted by molar-refractivity contribution is 7.99. The normalized spacial score (nSPS) is 14.5. The van der Waals surface area contributed by atoms with E-state index in [9.17, 15) is 4.79 Å². The van der Waals surface area contributed by atoms with Crippen LogP contribution in [-0.4, -0.2) is 15.3 Å². The quantitative estimate of drug-likeness (QED) is 0.721. The Bertz CT molecular complexity index is 446. The molecule has 1 aromatic rings. The van der Waals surface area contributed by atoms with Gasteiger partial charge in [0.05, 0.1) is 4.90 Å². The standard InChI is InChI=1S/C8H10N2OS2/c1-2-10-7(11)6-5(3-4-13-6)9-8(10)12/h2-4H2,1H3,(H,9,12). The summed E-state index contributed by atoms with van der Waals surface area (Å²) in [5.74, 6) is 0.990. The molecule has 0 spiro atoms. The fourth-order valence-corrected chi connectivity index (χ4v) is 2.87. The second-order valence-electron chi connectivity index (χ2n) is 2.89. The molecule has 2 rings (SSSR count). The van der Waals surface area contributed by atoms with E-state index in [0.29, 0.717) is 11.3 Å². The third kappa shape index (κ3) is 1.36. The molecular formula is C8H10N2OS2. The molecule has 1 aromatic heterocycles. The minimum absolute atomic E-state index is 0.0729. The summed E-state index contributed by atoms with van der Waals surface area (Å²) in [5.41, 5.74) is 1.09. The molecule has 5 heteroatoms.